The van der Waals surface area contributed by atoms with E-state index >= 15 is 0 Å². The topological polar surface area (TPSA) is 118 Å². The zero-order chi connectivity index (χ0) is 13.1. The first kappa shape index (κ1) is 13.5. The van der Waals surface area contributed by atoms with Crippen molar-refractivity contribution in [1.82, 2.24) is 0 Å². The summed E-state index contributed by atoms with van der Waals surface area (Å²) in [4.78, 5) is 29.3. The molecule has 0 saturated carbocycles. The molecular formula is C9H12NO6P. The molecule has 8 heteroatoms. The second-order valence-corrected chi connectivity index (χ2v) is 5.03. The van der Waals surface area contributed by atoms with Gasteiger partial charge in [-0.15, -0.1) is 0 Å². The fourth-order valence-corrected chi connectivity index (χ4v) is 1.98. The third-order valence-electron chi connectivity index (χ3n) is 1.90. The molecule has 0 saturated heterocycles. The summed E-state index contributed by atoms with van der Waals surface area (Å²) in [6.07, 6.45) is -0.690. The third-order valence-corrected chi connectivity index (χ3v) is 2.61. The molecule has 1 rings (SSSR count). The van der Waals surface area contributed by atoms with Gasteiger partial charge in [-0.05, 0) is 24.3 Å². The lowest BCUT2D eigenvalue weighted by Crippen LogP contribution is -2.30. The average Bonchev–Trinajstić information content (AvgIpc) is 2.14. The van der Waals surface area contributed by atoms with Crippen molar-refractivity contribution in [2.24, 2.45) is 0 Å². The van der Waals surface area contributed by atoms with Gasteiger partial charge in [-0.25, -0.2) is 0 Å². The van der Waals surface area contributed by atoms with Gasteiger partial charge >= 0.3 is 13.6 Å². The van der Waals surface area contributed by atoms with Gasteiger partial charge in [0.15, 0.2) is 0 Å². The highest BCUT2D eigenvalue weighted by Gasteiger charge is 2.21. The van der Waals surface area contributed by atoms with Crippen molar-refractivity contribution in [3.8, 4) is 5.75 Å². The van der Waals surface area contributed by atoms with Crippen molar-refractivity contribution in [3.05, 3.63) is 24.3 Å². The predicted octanol–water partition coefficient (Wildman–Crippen LogP) is 0.418. The molecule has 0 aliphatic rings. The minimum absolute atomic E-state index is 0.0137. The van der Waals surface area contributed by atoms with Crippen LogP contribution in [0.25, 0.3) is 0 Å². The first-order valence-corrected chi connectivity index (χ1v) is 6.38. The van der Waals surface area contributed by atoms with Gasteiger partial charge in [0.05, 0.1) is 0 Å². The summed E-state index contributed by atoms with van der Waals surface area (Å²) < 4.78 is 10.9. The molecule has 0 fully saturated rings. The number of hydrogen-bond acceptors (Lipinski definition) is 4. The van der Waals surface area contributed by atoms with Gasteiger partial charge in [0, 0.05) is 5.69 Å². The molecule has 4 N–H and O–H groups in total. The number of carboxylic acids is 1. The Kier molecular flexibility index (Phi) is 4.11. The molecule has 0 atom stereocenters. The number of hydrogen-bond donors (Lipinski definition) is 4. The fraction of sp³-hybridized carbons (Fsp3) is 0.222. The highest BCUT2D eigenvalue weighted by molar-refractivity contribution is 7.51. The molecule has 0 unspecified atom stereocenters. The molecule has 17 heavy (non-hydrogen) atoms. The number of rotatable bonds is 5. The van der Waals surface area contributed by atoms with Crippen molar-refractivity contribution in [3.63, 3.8) is 0 Å². The molecule has 0 aliphatic carbocycles. The van der Waals surface area contributed by atoms with Gasteiger partial charge in [0.2, 0.25) is 0 Å². The first-order chi connectivity index (χ1) is 7.78. The first-order valence-electron chi connectivity index (χ1n) is 4.58. The molecule has 0 heterocycles. The number of aromatic hydroxyl groups is 1. The monoisotopic (exact) mass is 261 g/mol. The quantitative estimate of drug-likeness (QED) is 0.567. The Morgan fingerprint density at radius 1 is 1.24 bits per heavy atom. The molecule has 1 aromatic rings. The maximum Gasteiger partial charge on any atom is 0.344 e. The van der Waals surface area contributed by atoms with E-state index in [0.29, 0.717) is 5.69 Å². The van der Waals surface area contributed by atoms with Crippen LogP contribution in [0.4, 0.5) is 5.69 Å². The normalized spacial score (nSPS) is 11.2. The minimum Gasteiger partial charge on any atom is -0.508 e. The molecular weight excluding hydrogens is 249 g/mol. The lowest BCUT2D eigenvalue weighted by molar-refractivity contribution is -0.135. The number of carboxylic acid groups (broad SMARTS) is 1. The van der Waals surface area contributed by atoms with Gasteiger partial charge in [0.1, 0.15) is 18.6 Å². The second-order valence-electron chi connectivity index (χ2n) is 3.41. The Labute approximate surface area is 97.1 Å². The van der Waals surface area contributed by atoms with E-state index in [0.717, 1.165) is 4.90 Å². The summed E-state index contributed by atoms with van der Waals surface area (Å²) in [5.74, 6) is -1.22. The largest absolute Gasteiger partial charge is 0.508 e. The van der Waals surface area contributed by atoms with Gasteiger partial charge in [-0.2, -0.15) is 0 Å². The van der Waals surface area contributed by atoms with Crippen LogP contribution in [-0.2, 0) is 9.36 Å². The number of carbonyl (C=O) groups is 1. The smallest absolute Gasteiger partial charge is 0.344 e. The number of benzene rings is 1. The van der Waals surface area contributed by atoms with E-state index in [-0.39, 0.29) is 5.75 Å². The number of phenolic OH excluding ortho intramolecular Hbond substituents is 1. The predicted molar refractivity (Wildman–Crippen MR) is 60.0 cm³/mol. The molecule has 0 aliphatic heterocycles. The van der Waals surface area contributed by atoms with E-state index in [1.807, 2.05) is 0 Å². The van der Waals surface area contributed by atoms with Crippen LogP contribution in [0.3, 0.4) is 0 Å². The van der Waals surface area contributed by atoms with Crippen molar-refractivity contribution in [2.45, 2.75) is 0 Å². The van der Waals surface area contributed by atoms with Crippen LogP contribution in [0.1, 0.15) is 0 Å². The molecule has 1 aromatic carbocycles. The standard InChI is InChI=1S/C9H12NO6P/c11-8-3-1-7(2-4-8)10(5-9(12)13)6-17(14,15)16/h1-4,11H,5-6H2,(H,12,13)(H2,14,15,16). The van der Waals surface area contributed by atoms with Crippen LogP contribution in [0.2, 0.25) is 0 Å². The number of anilines is 1. The van der Waals surface area contributed by atoms with E-state index in [2.05, 4.69) is 0 Å². The minimum atomic E-state index is -4.36. The number of phenols is 1. The van der Waals surface area contributed by atoms with Gasteiger partial charge in [-0.3, -0.25) is 9.36 Å². The Morgan fingerprint density at radius 2 is 1.76 bits per heavy atom. The molecule has 0 radical (unpaired) electrons. The van der Waals surface area contributed by atoms with Crippen molar-refractivity contribution in [2.75, 3.05) is 17.7 Å². The van der Waals surface area contributed by atoms with E-state index in [1.54, 1.807) is 0 Å². The second kappa shape index (κ2) is 5.18. The maximum atomic E-state index is 10.9. The van der Waals surface area contributed by atoms with Crippen LogP contribution < -0.4 is 4.90 Å². The summed E-state index contributed by atoms with van der Waals surface area (Å²) in [6, 6.07) is 5.38. The summed E-state index contributed by atoms with van der Waals surface area (Å²) in [5.41, 5.74) is 0.313. The zero-order valence-electron chi connectivity index (χ0n) is 8.72. The van der Waals surface area contributed by atoms with Crippen LogP contribution in [-0.4, -0.2) is 38.8 Å². The molecule has 0 spiro atoms. The van der Waals surface area contributed by atoms with Crippen molar-refractivity contribution in [1.29, 1.82) is 0 Å². The number of nitrogens with zero attached hydrogens (tertiary/aromatic N) is 1. The SMILES string of the molecule is O=C(O)CN(CP(=O)(O)O)c1ccc(O)cc1. The maximum absolute atomic E-state index is 10.9. The zero-order valence-corrected chi connectivity index (χ0v) is 9.62. The Morgan fingerprint density at radius 3 is 2.18 bits per heavy atom. The van der Waals surface area contributed by atoms with Crippen LogP contribution in [0.5, 0.6) is 5.75 Å². The number of aliphatic carboxylic acids is 1. The van der Waals surface area contributed by atoms with Crippen LogP contribution in [0, 0.1) is 0 Å². The molecule has 0 bridgehead atoms. The Hall–Kier alpha value is -1.56. The summed E-state index contributed by atoms with van der Waals surface area (Å²) in [7, 11) is -4.36. The molecule has 94 valence electrons. The summed E-state index contributed by atoms with van der Waals surface area (Å²) in [5, 5.41) is 17.7. The summed E-state index contributed by atoms with van der Waals surface area (Å²) >= 11 is 0. The summed E-state index contributed by atoms with van der Waals surface area (Å²) in [6.45, 7) is -0.532. The molecule has 0 amide bonds. The molecule has 0 aromatic heterocycles. The van der Waals surface area contributed by atoms with Crippen LogP contribution in [0.15, 0.2) is 24.3 Å². The Bertz CT molecular complexity index is 439. The van der Waals surface area contributed by atoms with Crippen molar-refractivity contribution < 1.29 is 29.4 Å². The van der Waals surface area contributed by atoms with Gasteiger partial charge in [0.25, 0.3) is 0 Å². The Balaban J connectivity index is 2.93. The van der Waals surface area contributed by atoms with Crippen molar-refractivity contribution >= 4 is 19.3 Å². The van der Waals surface area contributed by atoms with E-state index in [4.69, 9.17) is 20.0 Å². The fourth-order valence-electron chi connectivity index (χ4n) is 1.27. The van der Waals surface area contributed by atoms with E-state index < -0.39 is 26.4 Å². The highest BCUT2D eigenvalue weighted by Crippen LogP contribution is 2.36. The van der Waals surface area contributed by atoms with Crippen LogP contribution >= 0.6 is 7.60 Å². The average molecular weight is 261 g/mol. The lowest BCUT2D eigenvalue weighted by Gasteiger charge is -2.23. The molecule has 7 nitrogen and oxygen atoms in total. The van der Waals surface area contributed by atoms with E-state index in [1.165, 1.54) is 24.3 Å². The third kappa shape index (κ3) is 4.86. The highest BCUT2D eigenvalue weighted by atomic mass is 31.2. The van der Waals surface area contributed by atoms with Gasteiger partial charge in [-0.1, -0.05) is 0 Å². The lowest BCUT2D eigenvalue weighted by atomic mass is 10.3. The van der Waals surface area contributed by atoms with Gasteiger partial charge < -0.3 is 24.9 Å². The van der Waals surface area contributed by atoms with E-state index in [9.17, 15) is 9.36 Å².